The Bertz CT molecular complexity index is 844. The quantitative estimate of drug-likeness (QED) is 0.634. The van der Waals surface area contributed by atoms with Gasteiger partial charge in [-0.25, -0.2) is 4.98 Å². The van der Waals surface area contributed by atoms with Gasteiger partial charge in [-0.3, -0.25) is 14.8 Å². The second-order valence-corrected chi connectivity index (χ2v) is 6.26. The molecule has 0 bridgehead atoms. The average molecular weight is 340 g/mol. The number of para-hydroxylation sites is 1. The highest BCUT2D eigenvalue weighted by Gasteiger charge is 2.26. The van der Waals surface area contributed by atoms with Crippen LogP contribution in [0.4, 0.5) is 11.4 Å². The third-order valence-corrected chi connectivity index (χ3v) is 4.45. The van der Waals surface area contributed by atoms with E-state index < -0.39 is 20.6 Å². The molecule has 1 heterocycles. The van der Waals surface area contributed by atoms with Crippen molar-refractivity contribution >= 4 is 21.4 Å². The molecule has 0 unspecified atom stereocenters. The van der Waals surface area contributed by atoms with Gasteiger partial charge in [0.15, 0.2) is 10.7 Å². The summed E-state index contributed by atoms with van der Waals surface area (Å²) in [5.41, 5.74) is -0.636. The van der Waals surface area contributed by atoms with Crippen LogP contribution in [0, 0.1) is 17.0 Å². The van der Waals surface area contributed by atoms with Crippen LogP contribution in [0.15, 0.2) is 29.4 Å². The summed E-state index contributed by atoms with van der Waals surface area (Å²) in [6.45, 7) is 4.08. The Morgan fingerprint density at radius 1 is 1.43 bits per heavy atom. The fourth-order valence-corrected chi connectivity index (χ4v) is 3.16. The Morgan fingerprint density at radius 2 is 2.13 bits per heavy atom. The molecule has 0 fully saturated rings. The van der Waals surface area contributed by atoms with Crippen LogP contribution in [0.2, 0.25) is 0 Å². The summed E-state index contributed by atoms with van der Waals surface area (Å²) in [4.78, 5) is 14.4. The lowest BCUT2D eigenvalue weighted by Crippen LogP contribution is -2.15. The lowest BCUT2D eigenvalue weighted by atomic mass is 10.2. The number of sulfonamides is 1. The summed E-state index contributed by atoms with van der Waals surface area (Å²) < 4.78 is 33.8. The highest BCUT2D eigenvalue weighted by Crippen LogP contribution is 2.35. The lowest BCUT2D eigenvalue weighted by molar-refractivity contribution is -0.383. The van der Waals surface area contributed by atoms with Crippen molar-refractivity contribution in [1.82, 2.24) is 9.55 Å². The van der Waals surface area contributed by atoms with Crippen LogP contribution in [0.1, 0.15) is 12.7 Å². The first kappa shape index (κ1) is 16.7. The minimum Gasteiger partial charge on any atom is -0.494 e. The van der Waals surface area contributed by atoms with Gasteiger partial charge in [-0.2, -0.15) is 8.42 Å². The second kappa shape index (κ2) is 6.24. The van der Waals surface area contributed by atoms with Gasteiger partial charge in [-0.05, 0) is 19.9 Å². The molecule has 1 N–H and O–H groups in total. The summed E-state index contributed by atoms with van der Waals surface area (Å²) in [6.07, 6.45) is 1.37. The number of aryl methyl sites for hydroxylation is 2. The van der Waals surface area contributed by atoms with E-state index in [2.05, 4.69) is 9.71 Å². The number of rotatable bonds is 6. The highest BCUT2D eigenvalue weighted by molar-refractivity contribution is 7.92. The molecule has 2 rings (SSSR count). The molecule has 2 aromatic rings. The van der Waals surface area contributed by atoms with Gasteiger partial charge in [0, 0.05) is 18.8 Å². The maximum Gasteiger partial charge on any atom is 0.297 e. The van der Waals surface area contributed by atoms with Crippen LogP contribution < -0.4 is 9.46 Å². The average Bonchev–Trinajstić information content (AvgIpc) is 2.88. The van der Waals surface area contributed by atoms with Crippen molar-refractivity contribution in [3.8, 4) is 5.75 Å². The molecule has 1 aromatic heterocycles. The summed E-state index contributed by atoms with van der Waals surface area (Å²) in [7, 11) is -2.78. The van der Waals surface area contributed by atoms with Crippen LogP contribution in [0.3, 0.4) is 0 Å². The SMILES string of the molecule is CCn1cc(S(=O)(=O)Nc2c(OC)cccc2[N+](=O)[O-])nc1C. The fourth-order valence-electron chi connectivity index (χ4n) is 2.06. The Morgan fingerprint density at radius 3 is 2.65 bits per heavy atom. The summed E-state index contributed by atoms with van der Waals surface area (Å²) in [6, 6.07) is 4.03. The standard InChI is InChI=1S/C13H16N4O5S/c1-4-16-8-12(14-9(16)2)23(20,21)15-13-10(17(18)19)6-5-7-11(13)22-3/h5-8,15H,4H2,1-3H3. The van der Waals surface area contributed by atoms with E-state index in [1.165, 1.54) is 31.5 Å². The summed E-state index contributed by atoms with van der Waals surface area (Å²) in [5, 5.41) is 10.9. The van der Waals surface area contributed by atoms with Gasteiger partial charge in [0.05, 0.1) is 12.0 Å². The van der Waals surface area contributed by atoms with Crippen LogP contribution in [-0.4, -0.2) is 30.0 Å². The van der Waals surface area contributed by atoms with Crippen molar-refractivity contribution in [2.24, 2.45) is 0 Å². The molecule has 0 amide bonds. The van der Waals surface area contributed by atoms with Crippen molar-refractivity contribution in [1.29, 1.82) is 0 Å². The molecule has 10 heteroatoms. The molecule has 0 radical (unpaired) electrons. The van der Waals surface area contributed by atoms with Gasteiger partial charge in [-0.15, -0.1) is 0 Å². The van der Waals surface area contributed by atoms with Gasteiger partial charge in [-0.1, -0.05) is 6.07 Å². The number of hydrogen-bond acceptors (Lipinski definition) is 6. The van der Waals surface area contributed by atoms with Crippen LogP contribution in [-0.2, 0) is 16.6 Å². The van der Waals surface area contributed by atoms with Crippen LogP contribution >= 0.6 is 0 Å². The Balaban J connectivity index is 2.50. The second-order valence-electron chi connectivity index (χ2n) is 4.63. The topological polar surface area (TPSA) is 116 Å². The number of nitro groups is 1. The summed E-state index contributed by atoms with van der Waals surface area (Å²) in [5.74, 6) is 0.580. The zero-order valence-electron chi connectivity index (χ0n) is 12.8. The predicted octanol–water partition coefficient (Wildman–Crippen LogP) is 1.93. The maximum absolute atomic E-state index is 12.5. The first-order chi connectivity index (χ1) is 10.8. The minimum atomic E-state index is -4.08. The van der Waals surface area contributed by atoms with E-state index in [0.29, 0.717) is 12.4 Å². The zero-order valence-corrected chi connectivity index (χ0v) is 13.6. The highest BCUT2D eigenvalue weighted by atomic mass is 32.2. The fraction of sp³-hybridized carbons (Fsp3) is 0.308. The van der Waals surface area contributed by atoms with E-state index in [1.54, 1.807) is 11.5 Å². The number of hydrogen-bond donors (Lipinski definition) is 1. The number of aromatic nitrogens is 2. The van der Waals surface area contributed by atoms with Crippen molar-refractivity contribution in [3.63, 3.8) is 0 Å². The summed E-state index contributed by atoms with van der Waals surface area (Å²) >= 11 is 0. The molecular weight excluding hydrogens is 324 g/mol. The van der Waals surface area contributed by atoms with Crippen molar-refractivity contribution in [2.75, 3.05) is 11.8 Å². The number of nitro benzene ring substituents is 1. The number of imidazole rings is 1. The van der Waals surface area contributed by atoms with Gasteiger partial charge >= 0.3 is 0 Å². The molecule has 23 heavy (non-hydrogen) atoms. The predicted molar refractivity (Wildman–Crippen MR) is 83.1 cm³/mol. The van der Waals surface area contributed by atoms with E-state index in [-0.39, 0.29) is 16.5 Å². The maximum atomic E-state index is 12.5. The Labute approximate surface area is 133 Å². The first-order valence-electron chi connectivity index (χ1n) is 6.68. The number of anilines is 1. The minimum absolute atomic E-state index is 0.0504. The monoisotopic (exact) mass is 340 g/mol. The lowest BCUT2D eigenvalue weighted by Gasteiger charge is -2.10. The number of ether oxygens (including phenoxy) is 1. The van der Waals surface area contributed by atoms with Gasteiger partial charge < -0.3 is 9.30 Å². The molecule has 0 atom stereocenters. The van der Waals surface area contributed by atoms with Crippen molar-refractivity contribution < 1.29 is 18.1 Å². The first-order valence-corrected chi connectivity index (χ1v) is 8.16. The molecule has 9 nitrogen and oxygen atoms in total. The Kier molecular flexibility index (Phi) is 4.55. The van der Waals surface area contributed by atoms with Gasteiger partial charge in [0.25, 0.3) is 15.7 Å². The zero-order chi connectivity index (χ0) is 17.2. The molecule has 124 valence electrons. The number of benzene rings is 1. The smallest absolute Gasteiger partial charge is 0.297 e. The molecular formula is C13H16N4O5S. The number of methoxy groups -OCH3 is 1. The van der Waals surface area contributed by atoms with Gasteiger partial charge in [0.1, 0.15) is 11.6 Å². The molecule has 0 saturated carbocycles. The van der Waals surface area contributed by atoms with Crippen LogP contribution in [0.5, 0.6) is 5.75 Å². The van der Waals surface area contributed by atoms with E-state index in [9.17, 15) is 18.5 Å². The van der Waals surface area contributed by atoms with Gasteiger partial charge in [0.2, 0.25) is 0 Å². The number of nitrogens with zero attached hydrogens (tertiary/aromatic N) is 3. The van der Waals surface area contributed by atoms with Crippen molar-refractivity contribution in [3.05, 3.63) is 40.3 Å². The largest absolute Gasteiger partial charge is 0.494 e. The van der Waals surface area contributed by atoms with E-state index >= 15 is 0 Å². The van der Waals surface area contributed by atoms with Crippen molar-refractivity contribution in [2.45, 2.75) is 25.4 Å². The van der Waals surface area contributed by atoms with E-state index in [1.807, 2.05) is 6.92 Å². The van der Waals surface area contributed by atoms with E-state index in [0.717, 1.165) is 0 Å². The Hall–Kier alpha value is -2.62. The molecule has 0 aliphatic rings. The molecule has 1 aromatic carbocycles. The third-order valence-electron chi connectivity index (χ3n) is 3.23. The molecule has 0 saturated heterocycles. The molecule has 0 aliphatic carbocycles. The third kappa shape index (κ3) is 3.26. The molecule has 0 spiro atoms. The van der Waals surface area contributed by atoms with E-state index in [4.69, 9.17) is 4.74 Å². The number of nitrogens with one attached hydrogen (secondary N) is 1. The molecule has 0 aliphatic heterocycles. The normalized spacial score (nSPS) is 11.3. The van der Waals surface area contributed by atoms with Crippen LogP contribution in [0.25, 0.3) is 0 Å².